The van der Waals surface area contributed by atoms with Crippen LogP contribution in [0.25, 0.3) is 0 Å². The Balaban J connectivity index is 1.73. The van der Waals surface area contributed by atoms with Gasteiger partial charge < -0.3 is 15.0 Å². The van der Waals surface area contributed by atoms with E-state index >= 15 is 0 Å². The van der Waals surface area contributed by atoms with Gasteiger partial charge in [0.1, 0.15) is 5.82 Å². The van der Waals surface area contributed by atoms with Crippen molar-refractivity contribution in [3.8, 4) is 0 Å². The van der Waals surface area contributed by atoms with Crippen LogP contribution in [0.2, 0.25) is 0 Å². The van der Waals surface area contributed by atoms with Crippen LogP contribution in [0.15, 0.2) is 12.4 Å². The molecule has 3 rings (SSSR count). The second kappa shape index (κ2) is 4.08. The first-order valence-corrected chi connectivity index (χ1v) is 6.25. The Bertz CT molecular complexity index is 397. The maximum absolute atomic E-state index is 5.99. The maximum Gasteiger partial charge on any atom is 0.122 e. The van der Waals surface area contributed by atoms with Gasteiger partial charge in [-0.15, -0.1) is 0 Å². The number of ether oxygens (including phenoxy) is 1. The lowest BCUT2D eigenvalue weighted by Crippen LogP contribution is -2.64. The predicted octanol–water partition coefficient (Wildman–Crippen LogP) is 0.205. The fraction of sp³-hybridized carbons (Fsp3) is 0.750. The van der Waals surface area contributed by atoms with E-state index in [4.69, 9.17) is 10.5 Å². The summed E-state index contributed by atoms with van der Waals surface area (Å²) in [5.41, 5.74) is 6.14. The lowest BCUT2D eigenvalue weighted by Gasteiger charge is -2.54. The number of methoxy groups -OCH3 is 1. The highest BCUT2D eigenvalue weighted by Crippen LogP contribution is 2.40. The molecule has 0 bridgehead atoms. The molecule has 0 saturated heterocycles. The van der Waals surface area contributed by atoms with Gasteiger partial charge in [0.25, 0.3) is 0 Å². The molecule has 94 valence electrons. The summed E-state index contributed by atoms with van der Waals surface area (Å²) in [4.78, 5) is 6.89. The van der Waals surface area contributed by atoms with Crippen LogP contribution in [-0.2, 0) is 17.8 Å². The standard InChI is InChI=1S/C12H20N4O/c1-17-10-6-12(7-10,9-13)16-5-4-15-3-2-14-11(15)8-16/h2-3,10H,4-9,13H2,1H3. The van der Waals surface area contributed by atoms with Crippen molar-refractivity contribution in [1.29, 1.82) is 0 Å². The summed E-state index contributed by atoms with van der Waals surface area (Å²) in [5.74, 6) is 1.16. The number of rotatable bonds is 3. The highest BCUT2D eigenvalue weighted by Gasteiger charge is 2.48. The van der Waals surface area contributed by atoms with Crippen molar-refractivity contribution in [1.82, 2.24) is 14.5 Å². The molecule has 1 aliphatic heterocycles. The Morgan fingerprint density at radius 3 is 3.06 bits per heavy atom. The molecule has 1 aromatic rings. The zero-order chi connectivity index (χ0) is 11.9. The minimum absolute atomic E-state index is 0.151. The van der Waals surface area contributed by atoms with E-state index in [9.17, 15) is 0 Å². The van der Waals surface area contributed by atoms with E-state index in [-0.39, 0.29) is 5.54 Å². The summed E-state index contributed by atoms with van der Waals surface area (Å²) in [7, 11) is 1.79. The quantitative estimate of drug-likeness (QED) is 0.815. The van der Waals surface area contributed by atoms with Crippen molar-refractivity contribution in [3.05, 3.63) is 18.2 Å². The van der Waals surface area contributed by atoms with Crippen LogP contribution in [0.3, 0.4) is 0 Å². The molecule has 17 heavy (non-hydrogen) atoms. The molecule has 2 N–H and O–H groups in total. The SMILES string of the molecule is COC1CC(CN)(N2CCn3ccnc3C2)C1. The maximum atomic E-state index is 5.99. The van der Waals surface area contributed by atoms with Crippen LogP contribution in [0.5, 0.6) is 0 Å². The molecule has 0 aromatic carbocycles. The molecule has 0 spiro atoms. The molecule has 2 aliphatic rings. The summed E-state index contributed by atoms with van der Waals surface area (Å²) >= 11 is 0. The minimum atomic E-state index is 0.151. The van der Waals surface area contributed by atoms with Gasteiger partial charge >= 0.3 is 0 Å². The van der Waals surface area contributed by atoms with Crippen LogP contribution < -0.4 is 5.73 Å². The van der Waals surface area contributed by atoms with Crippen molar-refractivity contribution < 1.29 is 4.74 Å². The van der Waals surface area contributed by atoms with Gasteiger partial charge in [-0.3, -0.25) is 4.90 Å². The Morgan fingerprint density at radius 2 is 2.35 bits per heavy atom. The summed E-state index contributed by atoms with van der Waals surface area (Å²) < 4.78 is 7.61. The van der Waals surface area contributed by atoms with Crippen molar-refractivity contribution >= 4 is 0 Å². The Kier molecular flexibility index (Phi) is 2.69. The number of hydrogen-bond acceptors (Lipinski definition) is 4. The normalized spacial score (nSPS) is 33.2. The van der Waals surface area contributed by atoms with Crippen molar-refractivity contribution in [3.63, 3.8) is 0 Å². The van der Waals surface area contributed by atoms with Crippen LogP contribution >= 0.6 is 0 Å². The van der Waals surface area contributed by atoms with Crippen LogP contribution in [0, 0.1) is 0 Å². The topological polar surface area (TPSA) is 56.3 Å². The second-order valence-electron chi connectivity index (χ2n) is 5.15. The van der Waals surface area contributed by atoms with E-state index in [1.807, 2.05) is 6.20 Å². The zero-order valence-electron chi connectivity index (χ0n) is 10.3. The molecule has 0 amide bonds. The first-order valence-electron chi connectivity index (χ1n) is 6.25. The zero-order valence-corrected chi connectivity index (χ0v) is 10.3. The van der Waals surface area contributed by atoms with Gasteiger partial charge in [-0.1, -0.05) is 0 Å². The molecule has 1 fully saturated rings. The van der Waals surface area contributed by atoms with Crippen molar-refractivity contribution in [2.24, 2.45) is 5.73 Å². The average molecular weight is 236 g/mol. The van der Waals surface area contributed by atoms with Gasteiger partial charge in [-0.25, -0.2) is 4.98 Å². The molecule has 0 radical (unpaired) electrons. The molecular weight excluding hydrogens is 216 g/mol. The highest BCUT2D eigenvalue weighted by molar-refractivity contribution is 5.07. The fourth-order valence-electron chi connectivity index (χ4n) is 3.09. The van der Waals surface area contributed by atoms with Gasteiger partial charge in [0.2, 0.25) is 0 Å². The smallest absolute Gasteiger partial charge is 0.122 e. The molecule has 5 heteroatoms. The third-order valence-corrected chi connectivity index (χ3v) is 4.34. The largest absolute Gasteiger partial charge is 0.381 e. The molecule has 0 unspecified atom stereocenters. The monoisotopic (exact) mass is 236 g/mol. The molecule has 5 nitrogen and oxygen atoms in total. The average Bonchev–Trinajstić information content (AvgIpc) is 2.76. The van der Waals surface area contributed by atoms with Gasteiger partial charge in [0.05, 0.1) is 12.6 Å². The number of aromatic nitrogens is 2. The van der Waals surface area contributed by atoms with Gasteiger partial charge in [0.15, 0.2) is 0 Å². The van der Waals surface area contributed by atoms with Crippen LogP contribution in [0.4, 0.5) is 0 Å². The Morgan fingerprint density at radius 1 is 1.53 bits per heavy atom. The van der Waals surface area contributed by atoms with E-state index in [0.717, 1.165) is 38.3 Å². The number of hydrogen-bond donors (Lipinski definition) is 1. The van der Waals surface area contributed by atoms with E-state index in [0.29, 0.717) is 12.6 Å². The van der Waals surface area contributed by atoms with E-state index in [2.05, 4.69) is 20.6 Å². The lowest BCUT2D eigenvalue weighted by atomic mass is 9.72. The van der Waals surface area contributed by atoms with Gasteiger partial charge in [0, 0.05) is 44.7 Å². The third-order valence-electron chi connectivity index (χ3n) is 4.34. The van der Waals surface area contributed by atoms with Crippen LogP contribution in [-0.4, -0.2) is 46.3 Å². The minimum Gasteiger partial charge on any atom is -0.381 e. The summed E-state index contributed by atoms with van der Waals surface area (Å²) in [6.45, 7) is 3.72. The van der Waals surface area contributed by atoms with E-state index in [1.54, 1.807) is 7.11 Å². The number of nitrogens with two attached hydrogens (primary N) is 1. The summed E-state index contributed by atoms with van der Waals surface area (Å²) in [5, 5.41) is 0. The van der Waals surface area contributed by atoms with Gasteiger partial charge in [-0.05, 0) is 12.8 Å². The predicted molar refractivity (Wildman–Crippen MR) is 64.5 cm³/mol. The summed E-state index contributed by atoms with van der Waals surface area (Å²) in [6, 6.07) is 0. The third kappa shape index (κ3) is 1.69. The number of imidazole rings is 1. The first-order chi connectivity index (χ1) is 8.27. The van der Waals surface area contributed by atoms with Crippen molar-refractivity contribution in [2.75, 3.05) is 20.2 Å². The molecule has 1 aromatic heterocycles. The van der Waals surface area contributed by atoms with E-state index in [1.165, 1.54) is 0 Å². The highest BCUT2D eigenvalue weighted by atomic mass is 16.5. The summed E-state index contributed by atoms with van der Waals surface area (Å²) in [6.07, 6.45) is 6.44. The first kappa shape index (κ1) is 11.2. The Hall–Kier alpha value is -0.910. The number of nitrogens with zero attached hydrogens (tertiary/aromatic N) is 3. The molecule has 0 atom stereocenters. The second-order valence-corrected chi connectivity index (χ2v) is 5.15. The molecular formula is C12H20N4O. The van der Waals surface area contributed by atoms with Crippen LogP contribution in [0.1, 0.15) is 18.7 Å². The number of fused-ring (bicyclic) bond motifs is 1. The van der Waals surface area contributed by atoms with Gasteiger partial charge in [-0.2, -0.15) is 0 Å². The Labute approximate surface area is 102 Å². The van der Waals surface area contributed by atoms with Crippen molar-refractivity contribution in [2.45, 2.75) is 37.6 Å². The molecule has 2 heterocycles. The van der Waals surface area contributed by atoms with E-state index < -0.39 is 0 Å². The lowest BCUT2D eigenvalue weighted by molar-refractivity contribution is -0.0962. The fourth-order valence-corrected chi connectivity index (χ4v) is 3.09. The molecule has 1 saturated carbocycles. The molecule has 1 aliphatic carbocycles.